The van der Waals surface area contributed by atoms with E-state index in [1.165, 1.54) is 45.2 Å². The summed E-state index contributed by atoms with van der Waals surface area (Å²) in [5, 5.41) is 3.44. The van der Waals surface area contributed by atoms with Gasteiger partial charge in [-0.15, -0.1) is 30.6 Å². The summed E-state index contributed by atoms with van der Waals surface area (Å²) in [6, 6.07) is 0. The predicted octanol–water partition coefficient (Wildman–Crippen LogP) is 3.61. The van der Waals surface area contributed by atoms with Gasteiger partial charge in [-0.1, -0.05) is 12.5 Å². The van der Waals surface area contributed by atoms with Gasteiger partial charge in [-0.05, 0) is 58.0 Å². The summed E-state index contributed by atoms with van der Waals surface area (Å²) in [6.07, 6.45) is 9.35. The normalized spacial score (nSPS) is 16.2. The van der Waals surface area contributed by atoms with Crippen molar-refractivity contribution in [2.24, 2.45) is 10.9 Å². The van der Waals surface area contributed by atoms with Crippen molar-refractivity contribution in [3.05, 3.63) is 12.7 Å². The number of piperidine rings is 1. The maximum Gasteiger partial charge on any atom is 0.193 e. The molecule has 0 atom stereocenters. The van der Waals surface area contributed by atoms with Gasteiger partial charge in [-0.3, -0.25) is 4.99 Å². The second-order valence-electron chi connectivity index (χ2n) is 7.03. The number of guanidine groups is 1. The van der Waals surface area contributed by atoms with Crippen molar-refractivity contribution >= 4 is 29.9 Å². The first kappa shape index (κ1) is 25.7. The summed E-state index contributed by atoms with van der Waals surface area (Å²) in [6.45, 7) is 13.1. The van der Waals surface area contributed by atoms with Crippen LogP contribution in [-0.4, -0.2) is 75.8 Å². The van der Waals surface area contributed by atoms with E-state index in [1.807, 2.05) is 6.08 Å². The van der Waals surface area contributed by atoms with E-state index in [-0.39, 0.29) is 24.0 Å². The number of nitrogens with one attached hydrogen (secondary N) is 1. The molecule has 0 amide bonds. The molecule has 1 saturated heterocycles. The minimum Gasteiger partial charge on any atom is -0.383 e. The standard InChI is InChI=1S/C20H40N4O.HI/c1-5-7-8-9-10-13-23(3)20(21-6-2)22-18-19-11-14-24(15-12-19)16-17-25-4;/h5,19H,1,6-18H2,2-4H3,(H,21,22);1H. The van der Waals surface area contributed by atoms with Crippen molar-refractivity contribution in [2.45, 2.75) is 45.4 Å². The van der Waals surface area contributed by atoms with Crippen LogP contribution in [0, 0.1) is 5.92 Å². The van der Waals surface area contributed by atoms with E-state index in [4.69, 9.17) is 9.73 Å². The highest BCUT2D eigenvalue weighted by molar-refractivity contribution is 14.0. The first-order valence-corrected chi connectivity index (χ1v) is 10.0. The van der Waals surface area contributed by atoms with Crippen molar-refractivity contribution in [1.82, 2.24) is 15.1 Å². The van der Waals surface area contributed by atoms with Crippen molar-refractivity contribution in [1.29, 1.82) is 0 Å². The van der Waals surface area contributed by atoms with Crippen molar-refractivity contribution < 1.29 is 4.74 Å². The summed E-state index contributed by atoms with van der Waals surface area (Å²) < 4.78 is 5.18. The molecule has 6 heteroatoms. The molecule has 1 heterocycles. The van der Waals surface area contributed by atoms with E-state index in [9.17, 15) is 0 Å². The fourth-order valence-corrected chi connectivity index (χ4v) is 3.22. The van der Waals surface area contributed by atoms with Crippen LogP contribution in [0.25, 0.3) is 0 Å². The third-order valence-electron chi connectivity index (χ3n) is 4.92. The number of rotatable bonds is 12. The first-order valence-electron chi connectivity index (χ1n) is 10.0. The highest BCUT2D eigenvalue weighted by Crippen LogP contribution is 2.17. The summed E-state index contributed by atoms with van der Waals surface area (Å²) in [5.41, 5.74) is 0. The molecule has 0 aliphatic carbocycles. The second-order valence-corrected chi connectivity index (χ2v) is 7.03. The Morgan fingerprint density at radius 1 is 1.31 bits per heavy atom. The molecule has 1 rings (SSSR count). The number of ether oxygens (including phenoxy) is 1. The summed E-state index contributed by atoms with van der Waals surface area (Å²) >= 11 is 0. The zero-order valence-corrected chi connectivity index (χ0v) is 19.5. The van der Waals surface area contributed by atoms with Crippen LogP contribution in [0.15, 0.2) is 17.6 Å². The Morgan fingerprint density at radius 2 is 2.04 bits per heavy atom. The number of halogens is 1. The Labute approximate surface area is 178 Å². The van der Waals surface area contributed by atoms with Gasteiger partial charge in [0.1, 0.15) is 0 Å². The van der Waals surface area contributed by atoms with Gasteiger partial charge in [0.15, 0.2) is 5.96 Å². The molecule has 0 aromatic rings. The van der Waals surface area contributed by atoms with E-state index < -0.39 is 0 Å². The SMILES string of the molecule is C=CCCCCCN(C)C(=NCC1CCN(CCOC)CC1)NCC.I. The van der Waals surface area contributed by atoms with Crippen LogP contribution in [0.2, 0.25) is 0 Å². The first-order chi connectivity index (χ1) is 12.2. The summed E-state index contributed by atoms with van der Waals surface area (Å²) in [5.74, 6) is 1.78. The van der Waals surface area contributed by atoms with E-state index >= 15 is 0 Å². The molecule has 0 spiro atoms. The molecule has 0 bridgehead atoms. The van der Waals surface area contributed by atoms with Crippen LogP contribution in [-0.2, 0) is 4.74 Å². The Balaban J connectivity index is 0.00000625. The quantitative estimate of drug-likeness (QED) is 0.152. The van der Waals surface area contributed by atoms with Crippen molar-refractivity contribution in [3.8, 4) is 0 Å². The topological polar surface area (TPSA) is 40.1 Å². The predicted molar refractivity (Wildman–Crippen MR) is 124 cm³/mol. The monoisotopic (exact) mass is 480 g/mol. The molecule has 154 valence electrons. The fraction of sp³-hybridized carbons (Fsp3) is 0.850. The molecule has 0 unspecified atom stereocenters. The lowest BCUT2D eigenvalue weighted by atomic mass is 9.97. The minimum absolute atomic E-state index is 0. The van der Waals surface area contributed by atoms with Gasteiger partial charge < -0.3 is 19.9 Å². The second kappa shape index (κ2) is 16.8. The van der Waals surface area contributed by atoms with Gasteiger partial charge in [0.2, 0.25) is 0 Å². The lowest BCUT2D eigenvalue weighted by molar-refractivity contribution is 0.121. The average molecular weight is 480 g/mol. The Kier molecular flexibility index (Phi) is 16.6. The van der Waals surface area contributed by atoms with E-state index in [1.54, 1.807) is 7.11 Å². The summed E-state index contributed by atoms with van der Waals surface area (Å²) in [7, 11) is 3.93. The summed E-state index contributed by atoms with van der Waals surface area (Å²) in [4.78, 5) is 9.70. The average Bonchev–Trinajstić information content (AvgIpc) is 2.64. The molecule has 0 aromatic carbocycles. The number of nitrogens with zero attached hydrogens (tertiary/aromatic N) is 3. The number of hydrogen-bond donors (Lipinski definition) is 1. The zero-order valence-electron chi connectivity index (χ0n) is 17.2. The van der Waals surface area contributed by atoms with Crippen molar-refractivity contribution in [3.63, 3.8) is 0 Å². The van der Waals surface area contributed by atoms with Gasteiger partial charge >= 0.3 is 0 Å². The fourth-order valence-electron chi connectivity index (χ4n) is 3.22. The van der Waals surface area contributed by atoms with E-state index in [0.29, 0.717) is 5.92 Å². The lowest BCUT2D eigenvalue weighted by Gasteiger charge is -2.31. The third kappa shape index (κ3) is 11.4. The Hall–Kier alpha value is -0.340. The third-order valence-corrected chi connectivity index (χ3v) is 4.92. The molecule has 1 aliphatic heterocycles. The minimum atomic E-state index is 0. The van der Waals surface area contributed by atoms with Crippen LogP contribution in [0.1, 0.15) is 45.4 Å². The van der Waals surface area contributed by atoms with Gasteiger partial charge in [-0.2, -0.15) is 0 Å². The molecule has 1 N–H and O–H groups in total. The van der Waals surface area contributed by atoms with Crippen LogP contribution in [0.5, 0.6) is 0 Å². The van der Waals surface area contributed by atoms with Crippen LogP contribution < -0.4 is 5.32 Å². The van der Waals surface area contributed by atoms with Crippen molar-refractivity contribution in [2.75, 3.05) is 60.0 Å². The Morgan fingerprint density at radius 3 is 2.65 bits per heavy atom. The largest absolute Gasteiger partial charge is 0.383 e. The molecule has 0 radical (unpaired) electrons. The molecule has 26 heavy (non-hydrogen) atoms. The molecule has 0 saturated carbocycles. The molecule has 1 aliphatic rings. The van der Waals surface area contributed by atoms with E-state index in [2.05, 4.69) is 35.7 Å². The van der Waals surface area contributed by atoms with Crippen LogP contribution in [0.3, 0.4) is 0 Å². The molecule has 0 aromatic heterocycles. The number of hydrogen-bond acceptors (Lipinski definition) is 3. The smallest absolute Gasteiger partial charge is 0.193 e. The number of unbranched alkanes of at least 4 members (excludes halogenated alkanes) is 3. The van der Waals surface area contributed by atoms with Crippen LogP contribution >= 0.6 is 24.0 Å². The van der Waals surface area contributed by atoms with E-state index in [0.717, 1.165) is 45.2 Å². The maximum atomic E-state index is 5.18. The number of allylic oxidation sites excluding steroid dienone is 1. The van der Waals surface area contributed by atoms with Crippen LogP contribution in [0.4, 0.5) is 0 Å². The lowest BCUT2D eigenvalue weighted by Crippen LogP contribution is -2.40. The molecule has 1 fully saturated rings. The van der Waals surface area contributed by atoms with Gasteiger partial charge in [0, 0.05) is 40.3 Å². The maximum absolute atomic E-state index is 5.18. The number of likely N-dealkylation sites (tertiary alicyclic amines) is 1. The zero-order chi connectivity index (χ0) is 18.3. The molecule has 5 nitrogen and oxygen atoms in total. The highest BCUT2D eigenvalue weighted by atomic mass is 127. The van der Waals surface area contributed by atoms with Gasteiger partial charge in [-0.25, -0.2) is 0 Å². The highest BCUT2D eigenvalue weighted by Gasteiger charge is 2.19. The number of aliphatic imine (C=N–C) groups is 1. The number of methoxy groups -OCH3 is 1. The Bertz CT molecular complexity index is 371. The molecular weight excluding hydrogens is 439 g/mol. The van der Waals surface area contributed by atoms with Gasteiger partial charge in [0.25, 0.3) is 0 Å². The van der Waals surface area contributed by atoms with Gasteiger partial charge in [0.05, 0.1) is 6.61 Å². The molecular formula is C20H41IN4O.